The van der Waals surface area contributed by atoms with Gasteiger partial charge in [0.15, 0.2) is 0 Å². The molecule has 8 heteroatoms. The highest BCUT2D eigenvalue weighted by molar-refractivity contribution is 5.93. The summed E-state index contributed by atoms with van der Waals surface area (Å²) in [6.07, 6.45) is 2.44. The molecule has 0 aliphatic carbocycles. The maximum atomic E-state index is 12.2. The molecule has 2 N–H and O–H groups in total. The average Bonchev–Trinajstić information content (AvgIpc) is 3.19. The van der Waals surface area contributed by atoms with E-state index in [1.54, 1.807) is 27.7 Å². The maximum Gasteiger partial charge on any atom is 0.272 e. The monoisotopic (exact) mass is 330 g/mol. The lowest BCUT2D eigenvalue weighted by Crippen LogP contribution is -2.36. The summed E-state index contributed by atoms with van der Waals surface area (Å²) < 4.78 is 3.50. The van der Waals surface area contributed by atoms with Gasteiger partial charge in [-0.1, -0.05) is 0 Å². The van der Waals surface area contributed by atoms with E-state index in [0.29, 0.717) is 24.4 Å². The summed E-state index contributed by atoms with van der Waals surface area (Å²) >= 11 is 0. The molecule has 0 saturated heterocycles. The molecular formula is C16H22N6O2. The van der Waals surface area contributed by atoms with E-state index in [4.69, 9.17) is 0 Å². The van der Waals surface area contributed by atoms with Crippen LogP contribution in [0, 0.1) is 0 Å². The Bertz CT molecular complexity index is 737. The number of carbonyl (C=O) groups excluding carboxylic acids is 2. The Hall–Kier alpha value is -2.64. The minimum Gasteiger partial charge on any atom is -0.348 e. The first kappa shape index (κ1) is 16.2. The van der Waals surface area contributed by atoms with Crippen LogP contribution in [0.25, 0.3) is 0 Å². The smallest absolute Gasteiger partial charge is 0.272 e. The zero-order valence-electron chi connectivity index (χ0n) is 14.1. The number of rotatable bonds is 5. The normalized spacial score (nSPS) is 16.2. The molecule has 1 aliphatic rings. The zero-order valence-corrected chi connectivity index (χ0v) is 14.1. The first-order valence-corrected chi connectivity index (χ1v) is 8.18. The SMILES string of the molecule is CCn1ccc(C(=O)N[C@H]2Cc3cc(C(=O)NC(C)C)nn3C2)n1. The minimum absolute atomic E-state index is 0.0333. The Balaban J connectivity index is 1.60. The number of nitrogens with one attached hydrogen (secondary N) is 2. The Morgan fingerprint density at radius 2 is 2.08 bits per heavy atom. The molecular weight excluding hydrogens is 308 g/mol. The van der Waals surface area contributed by atoms with E-state index < -0.39 is 0 Å². The number of amides is 2. The first-order valence-electron chi connectivity index (χ1n) is 8.18. The Morgan fingerprint density at radius 3 is 2.71 bits per heavy atom. The molecule has 0 unspecified atom stereocenters. The fourth-order valence-corrected chi connectivity index (χ4v) is 2.77. The van der Waals surface area contributed by atoms with Crippen LogP contribution in [0.2, 0.25) is 0 Å². The fraction of sp³-hybridized carbons (Fsp3) is 0.500. The van der Waals surface area contributed by atoms with Crippen LogP contribution in [-0.4, -0.2) is 43.5 Å². The fourth-order valence-electron chi connectivity index (χ4n) is 2.77. The lowest BCUT2D eigenvalue weighted by atomic mass is 10.2. The molecule has 0 fully saturated rings. The van der Waals surface area contributed by atoms with Crippen molar-refractivity contribution in [2.24, 2.45) is 0 Å². The van der Waals surface area contributed by atoms with Crippen LogP contribution in [0.1, 0.15) is 47.4 Å². The van der Waals surface area contributed by atoms with Crippen LogP contribution in [0.15, 0.2) is 18.3 Å². The van der Waals surface area contributed by atoms with Crippen molar-refractivity contribution in [3.63, 3.8) is 0 Å². The van der Waals surface area contributed by atoms with Crippen LogP contribution in [0.4, 0.5) is 0 Å². The van der Waals surface area contributed by atoms with E-state index in [1.165, 1.54) is 0 Å². The van der Waals surface area contributed by atoms with Crippen LogP contribution in [-0.2, 0) is 19.5 Å². The van der Waals surface area contributed by atoms with Crippen molar-refractivity contribution in [2.45, 2.75) is 52.4 Å². The second-order valence-electron chi connectivity index (χ2n) is 6.26. The molecule has 2 aromatic heterocycles. The van der Waals surface area contributed by atoms with Gasteiger partial charge in [0.05, 0.1) is 12.6 Å². The van der Waals surface area contributed by atoms with Gasteiger partial charge in [-0.15, -0.1) is 0 Å². The molecule has 1 atom stereocenters. The highest BCUT2D eigenvalue weighted by Crippen LogP contribution is 2.16. The number of nitrogens with zero attached hydrogens (tertiary/aromatic N) is 4. The van der Waals surface area contributed by atoms with Gasteiger partial charge in [-0.25, -0.2) is 0 Å². The molecule has 0 radical (unpaired) electrons. The van der Waals surface area contributed by atoms with Gasteiger partial charge in [0, 0.05) is 30.9 Å². The summed E-state index contributed by atoms with van der Waals surface area (Å²) in [4.78, 5) is 24.2. The molecule has 24 heavy (non-hydrogen) atoms. The second kappa shape index (κ2) is 6.46. The average molecular weight is 330 g/mol. The van der Waals surface area contributed by atoms with Crippen molar-refractivity contribution in [3.8, 4) is 0 Å². The third-order valence-corrected chi connectivity index (χ3v) is 3.90. The van der Waals surface area contributed by atoms with Crippen LogP contribution in [0.3, 0.4) is 0 Å². The predicted molar refractivity (Wildman–Crippen MR) is 87.7 cm³/mol. The molecule has 3 rings (SSSR count). The van der Waals surface area contributed by atoms with Crippen molar-refractivity contribution in [1.82, 2.24) is 30.2 Å². The number of carbonyl (C=O) groups is 2. The zero-order chi connectivity index (χ0) is 17.3. The van der Waals surface area contributed by atoms with Crippen molar-refractivity contribution >= 4 is 11.8 Å². The summed E-state index contributed by atoms with van der Waals surface area (Å²) in [6.45, 7) is 7.08. The summed E-state index contributed by atoms with van der Waals surface area (Å²) in [5.74, 6) is -0.353. The van der Waals surface area contributed by atoms with E-state index >= 15 is 0 Å². The van der Waals surface area contributed by atoms with Gasteiger partial charge in [-0.05, 0) is 32.9 Å². The maximum absolute atomic E-state index is 12.2. The quantitative estimate of drug-likeness (QED) is 0.839. The molecule has 0 aromatic carbocycles. The summed E-state index contributed by atoms with van der Waals surface area (Å²) in [7, 11) is 0. The van der Waals surface area contributed by atoms with E-state index in [9.17, 15) is 9.59 Å². The van der Waals surface area contributed by atoms with Gasteiger partial charge in [0.25, 0.3) is 11.8 Å². The Kier molecular flexibility index (Phi) is 4.37. The molecule has 2 aromatic rings. The number of hydrogen-bond donors (Lipinski definition) is 2. The molecule has 3 heterocycles. The third kappa shape index (κ3) is 3.32. The molecule has 128 valence electrons. The van der Waals surface area contributed by atoms with E-state index in [-0.39, 0.29) is 23.9 Å². The molecule has 0 spiro atoms. The van der Waals surface area contributed by atoms with E-state index in [0.717, 1.165) is 12.2 Å². The van der Waals surface area contributed by atoms with Gasteiger partial charge in [-0.2, -0.15) is 10.2 Å². The van der Waals surface area contributed by atoms with Crippen molar-refractivity contribution in [1.29, 1.82) is 0 Å². The summed E-state index contributed by atoms with van der Waals surface area (Å²) in [5.41, 5.74) is 1.79. The second-order valence-corrected chi connectivity index (χ2v) is 6.26. The number of hydrogen-bond acceptors (Lipinski definition) is 4. The van der Waals surface area contributed by atoms with E-state index in [1.807, 2.05) is 20.8 Å². The number of aromatic nitrogens is 4. The predicted octanol–water partition coefficient (Wildman–Crippen LogP) is 0.592. The van der Waals surface area contributed by atoms with Crippen molar-refractivity contribution < 1.29 is 9.59 Å². The molecule has 0 bridgehead atoms. The van der Waals surface area contributed by atoms with Crippen molar-refractivity contribution in [2.75, 3.05) is 0 Å². The molecule has 2 amide bonds. The van der Waals surface area contributed by atoms with Gasteiger partial charge in [-0.3, -0.25) is 19.0 Å². The minimum atomic E-state index is -0.185. The van der Waals surface area contributed by atoms with Gasteiger partial charge in [0.2, 0.25) is 0 Å². The highest BCUT2D eigenvalue weighted by atomic mass is 16.2. The Morgan fingerprint density at radius 1 is 1.29 bits per heavy atom. The Labute approximate surface area is 140 Å². The van der Waals surface area contributed by atoms with Crippen molar-refractivity contribution in [3.05, 3.63) is 35.4 Å². The van der Waals surface area contributed by atoms with Gasteiger partial charge in [0.1, 0.15) is 11.4 Å². The standard InChI is InChI=1S/C16H22N6O2/c1-4-21-6-5-13(19-21)15(23)18-11-7-12-8-14(20-22(12)9-11)16(24)17-10(2)3/h5-6,8,10-11H,4,7,9H2,1-3H3,(H,17,24)(H,18,23)/t11-/m0/s1. The molecule has 8 nitrogen and oxygen atoms in total. The lowest BCUT2D eigenvalue weighted by molar-refractivity contribution is 0.0920. The van der Waals surface area contributed by atoms with Crippen LogP contribution in [0.5, 0.6) is 0 Å². The summed E-state index contributed by atoms with van der Waals surface area (Å²) in [5, 5.41) is 14.3. The largest absolute Gasteiger partial charge is 0.348 e. The number of aryl methyl sites for hydroxylation is 1. The van der Waals surface area contributed by atoms with Gasteiger partial charge >= 0.3 is 0 Å². The summed E-state index contributed by atoms with van der Waals surface area (Å²) in [6, 6.07) is 3.54. The molecule has 1 aliphatic heterocycles. The third-order valence-electron chi connectivity index (χ3n) is 3.90. The first-order chi connectivity index (χ1) is 11.5. The van der Waals surface area contributed by atoms with Gasteiger partial charge < -0.3 is 10.6 Å². The lowest BCUT2D eigenvalue weighted by Gasteiger charge is -2.10. The topological polar surface area (TPSA) is 93.8 Å². The van der Waals surface area contributed by atoms with E-state index in [2.05, 4.69) is 20.8 Å². The highest BCUT2D eigenvalue weighted by Gasteiger charge is 2.27. The number of fused-ring (bicyclic) bond motifs is 1. The molecule has 0 saturated carbocycles. The van der Waals surface area contributed by atoms with Crippen LogP contribution >= 0.6 is 0 Å². The van der Waals surface area contributed by atoms with Crippen LogP contribution < -0.4 is 10.6 Å².